The summed E-state index contributed by atoms with van der Waals surface area (Å²) in [6, 6.07) is 7.63. The molecule has 1 aromatic carbocycles. The Hall–Kier alpha value is -3.03. The Labute approximate surface area is 163 Å². The zero-order valence-corrected chi connectivity index (χ0v) is 16.9. The summed E-state index contributed by atoms with van der Waals surface area (Å²) in [6.45, 7) is 5.75. The Bertz CT molecular complexity index is 1110. The van der Waals surface area contributed by atoms with E-state index in [1.807, 2.05) is 6.07 Å². The summed E-state index contributed by atoms with van der Waals surface area (Å²) in [4.78, 5) is 12.4. The Morgan fingerprint density at radius 1 is 1.18 bits per heavy atom. The van der Waals surface area contributed by atoms with Gasteiger partial charge in [0.1, 0.15) is 11.6 Å². The third-order valence-corrected chi connectivity index (χ3v) is 6.40. The van der Waals surface area contributed by atoms with Gasteiger partial charge in [0, 0.05) is 25.7 Å². The number of benzene rings is 1. The smallest absolute Gasteiger partial charge is 0.281 e. The minimum atomic E-state index is -3.57. The van der Waals surface area contributed by atoms with E-state index in [1.54, 1.807) is 13.8 Å². The molecule has 0 bridgehead atoms. The van der Waals surface area contributed by atoms with Crippen molar-refractivity contribution in [2.24, 2.45) is 17.3 Å². The highest BCUT2D eigenvalue weighted by molar-refractivity contribution is 7.89. The van der Waals surface area contributed by atoms with Gasteiger partial charge in [-0.2, -0.15) is 14.7 Å². The molecular weight excluding hydrogens is 382 g/mol. The normalized spacial score (nSPS) is 11.9. The molecule has 0 aliphatic heterocycles. The van der Waals surface area contributed by atoms with E-state index in [-0.39, 0.29) is 21.7 Å². The summed E-state index contributed by atoms with van der Waals surface area (Å²) >= 11 is 0. The molecule has 2 rings (SSSR count). The molecule has 2 aromatic rings. The fourth-order valence-electron chi connectivity index (χ4n) is 2.63. The Balaban J connectivity index is 2.41. The van der Waals surface area contributed by atoms with Crippen LogP contribution in [0.2, 0.25) is 0 Å². The largest absolute Gasteiger partial charge is 0.493 e. The molecular formula is C18H21N5O4S. The molecule has 0 spiro atoms. The number of rotatable bonds is 6. The predicted molar refractivity (Wildman–Crippen MR) is 104 cm³/mol. The maximum Gasteiger partial charge on any atom is 0.281 e. The van der Waals surface area contributed by atoms with Gasteiger partial charge in [-0.05, 0) is 31.2 Å². The summed E-state index contributed by atoms with van der Waals surface area (Å²) in [7, 11) is -2.25. The monoisotopic (exact) mass is 403 g/mol. The minimum absolute atomic E-state index is 0.0586. The molecule has 1 heterocycles. The number of aromatic hydroxyl groups is 1. The standard InChI is InChI=1S/C18H21N5O4S/c1-5-23(6-2)28(26,27)14-9-7-13(8-10-14)20-21-16-12(3)15(11-19)17(24)22(4)18(16)25/h7-10,24H,5-6H2,1-4H3. The van der Waals surface area contributed by atoms with Crippen molar-refractivity contribution >= 4 is 21.4 Å². The highest BCUT2D eigenvalue weighted by Crippen LogP contribution is 2.26. The number of azo groups is 1. The SMILES string of the molecule is CCN(CC)S(=O)(=O)c1ccc(N=Nc2c(C)c(C#N)c(O)n(C)c2=O)cc1. The van der Waals surface area contributed by atoms with Crippen molar-refractivity contribution in [2.45, 2.75) is 25.7 Å². The van der Waals surface area contributed by atoms with Gasteiger partial charge in [-0.1, -0.05) is 13.8 Å². The zero-order valence-electron chi connectivity index (χ0n) is 16.0. The van der Waals surface area contributed by atoms with E-state index in [4.69, 9.17) is 5.26 Å². The number of aromatic nitrogens is 1. The lowest BCUT2D eigenvalue weighted by molar-refractivity contribution is 0.421. The maximum absolute atomic E-state index is 12.5. The predicted octanol–water partition coefficient (Wildman–Crippen LogP) is 2.72. The number of pyridine rings is 1. The summed E-state index contributed by atoms with van der Waals surface area (Å²) in [5.41, 5.74) is -0.175. The molecule has 0 fully saturated rings. The third kappa shape index (κ3) is 3.81. The Morgan fingerprint density at radius 2 is 1.75 bits per heavy atom. The Kier molecular flexibility index (Phi) is 6.33. The lowest BCUT2D eigenvalue weighted by atomic mass is 10.1. The van der Waals surface area contributed by atoms with E-state index in [0.717, 1.165) is 4.57 Å². The molecule has 0 aliphatic carbocycles. The molecule has 0 saturated heterocycles. The molecule has 9 nitrogen and oxygen atoms in total. The van der Waals surface area contributed by atoms with Crippen LogP contribution < -0.4 is 5.56 Å². The lowest BCUT2D eigenvalue weighted by Gasteiger charge is -2.18. The van der Waals surface area contributed by atoms with E-state index in [9.17, 15) is 18.3 Å². The number of sulfonamides is 1. The molecule has 0 amide bonds. The first-order valence-electron chi connectivity index (χ1n) is 8.53. The number of hydrogen-bond acceptors (Lipinski definition) is 7. The quantitative estimate of drug-likeness (QED) is 0.742. The van der Waals surface area contributed by atoms with Crippen molar-refractivity contribution in [3.05, 3.63) is 45.7 Å². The molecule has 0 aliphatic rings. The highest BCUT2D eigenvalue weighted by atomic mass is 32.2. The van der Waals surface area contributed by atoms with Crippen LogP contribution in [0.1, 0.15) is 25.0 Å². The van der Waals surface area contributed by atoms with Crippen LogP contribution in [0.25, 0.3) is 0 Å². The first kappa shape index (κ1) is 21.3. The van der Waals surface area contributed by atoms with Gasteiger partial charge < -0.3 is 5.11 Å². The fraction of sp³-hybridized carbons (Fsp3) is 0.333. The van der Waals surface area contributed by atoms with Crippen LogP contribution in [-0.2, 0) is 17.1 Å². The van der Waals surface area contributed by atoms with Crippen LogP contribution in [-0.4, -0.2) is 35.5 Å². The minimum Gasteiger partial charge on any atom is -0.493 e. The zero-order chi connectivity index (χ0) is 21.1. The summed E-state index contributed by atoms with van der Waals surface area (Å²) in [5.74, 6) is -0.435. The molecule has 148 valence electrons. The first-order chi connectivity index (χ1) is 13.2. The summed E-state index contributed by atoms with van der Waals surface area (Å²) in [6.07, 6.45) is 0. The van der Waals surface area contributed by atoms with E-state index in [1.165, 1.54) is 42.5 Å². The summed E-state index contributed by atoms with van der Waals surface area (Å²) in [5, 5.41) is 26.9. The van der Waals surface area contributed by atoms with Gasteiger partial charge in [0.15, 0.2) is 5.69 Å². The van der Waals surface area contributed by atoms with Crippen LogP contribution in [0.3, 0.4) is 0 Å². The van der Waals surface area contributed by atoms with Gasteiger partial charge in [0.2, 0.25) is 15.9 Å². The Morgan fingerprint density at radius 3 is 2.25 bits per heavy atom. The molecule has 0 atom stereocenters. The second kappa shape index (κ2) is 8.33. The van der Waals surface area contributed by atoms with Crippen LogP contribution in [0.4, 0.5) is 11.4 Å². The van der Waals surface area contributed by atoms with Gasteiger partial charge in [0.05, 0.1) is 10.6 Å². The number of nitrogens with zero attached hydrogens (tertiary/aromatic N) is 5. The molecule has 10 heteroatoms. The summed E-state index contributed by atoms with van der Waals surface area (Å²) < 4.78 is 27.2. The number of nitriles is 1. The van der Waals surface area contributed by atoms with Crippen molar-refractivity contribution < 1.29 is 13.5 Å². The second-order valence-corrected chi connectivity index (χ2v) is 7.87. The van der Waals surface area contributed by atoms with E-state index < -0.39 is 21.5 Å². The molecule has 0 unspecified atom stereocenters. The van der Waals surface area contributed by atoms with Crippen LogP contribution in [0.5, 0.6) is 5.88 Å². The first-order valence-corrected chi connectivity index (χ1v) is 9.97. The molecule has 1 aromatic heterocycles. The van der Waals surface area contributed by atoms with Gasteiger partial charge in [-0.3, -0.25) is 9.36 Å². The van der Waals surface area contributed by atoms with Crippen LogP contribution in [0, 0.1) is 18.3 Å². The highest BCUT2D eigenvalue weighted by Gasteiger charge is 2.21. The van der Waals surface area contributed by atoms with Crippen molar-refractivity contribution in [1.29, 1.82) is 5.26 Å². The average molecular weight is 403 g/mol. The van der Waals surface area contributed by atoms with E-state index in [2.05, 4.69) is 10.2 Å². The average Bonchev–Trinajstić information content (AvgIpc) is 2.68. The van der Waals surface area contributed by atoms with Crippen molar-refractivity contribution in [2.75, 3.05) is 13.1 Å². The van der Waals surface area contributed by atoms with Crippen LogP contribution in [0.15, 0.2) is 44.2 Å². The topological polar surface area (TPSA) is 128 Å². The fourth-order valence-corrected chi connectivity index (χ4v) is 4.08. The molecule has 0 saturated carbocycles. The molecule has 28 heavy (non-hydrogen) atoms. The molecule has 0 radical (unpaired) electrons. The van der Waals surface area contributed by atoms with Crippen molar-refractivity contribution in [3.8, 4) is 11.9 Å². The third-order valence-electron chi connectivity index (χ3n) is 4.34. The maximum atomic E-state index is 12.5. The van der Waals surface area contributed by atoms with Gasteiger partial charge >= 0.3 is 0 Å². The van der Waals surface area contributed by atoms with Crippen molar-refractivity contribution in [3.63, 3.8) is 0 Å². The van der Waals surface area contributed by atoms with Gasteiger partial charge in [0.25, 0.3) is 5.56 Å². The van der Waals surface area contributed by atoms with E-state index in [0.29, 0.717) is 18.8 Å². The van der Waals surface area contributed by atoms with Gasteiger partial charge in [-0.25, -0.2) is 8.42 Å². The lowest BCUT2D eigenvalue weighted by Crippen LogP contribution is -2.30. The van der Waals surface area contributed by atoms with Crippen LogP contribution >= 0.6 is 0 Å². The van der Waals surface area contributed by atoms with Gasteiger partial charge in [-0.15, -0.1) is 5.11 Å². The second-order valence-electron chi connectivity index (χ2n) is 5.93. The number of hydrogen-bond donors (Lipinski definition) is 1. The van der Waals surface area contributed by atoms with E-state index >= 15 is 0 Å². The molecule has 1 N–H and O–H groups in total. The van der Waals surface area contributed by atoms with Crippen molar-refractivity contribution in [1.82, 2.24) is 8.87 Å².